The van der Waals surface area contributed by atoms with Crippen molar-refractivity contribution in [3.8, 4) is 0 Å². The minimum absolute atomic E-state index is 0.0205. The Labute approximate surface area is 96.6 Å². The zero-order valence-corrected chi connectivity index (χ0v) is 10.3. The van der Waals surface area contributed by atoms with Crippen LogP contribution in [-0.2, 0) is 9.59 Å². The molecule has 2 amide bonds. The van der Waals surface area contributed by atoms with Gasteiger partial charge < -0.3 is 15.5 Å². The number of piperazine rings is 1. The smallest absolute Gasteiger partial charge is 0.312 e. The van der Waals surface area contributed by atoms with Crippen LogP contribution in [-0.4, -0.2) is 54.8 Å². The first-order valence-electron chi connectivity index (χ1n) is 5.62. The maximum atomic E-state index is 11.6. The summed E-state index contributed by atoms with van der Waals surface area (Å²) >= 11 is 0. The Kier molecular flexibility index (Phi) is 3.91. The maximum Gasteiger partial charge on any atom is 0.312 e. The highest BCUT2D eigenvalue weighted by Gasteiger charge is 2.30. The Morgan fingerprint density at radius 3 is 2.44 bits per heavy atom. The molecule has 5 heteroatoms. The van der Waals surface area contributed by atoms with E-state index in [2.05, 4.69) is 13.8 Å². The monoisotopic (exact) mass is 227 g/mol. The van der Waals surface area contributed by atoms with Crippen LogP contribution >= 0.6 is 0 Å². The first-order valence-corrected chi connectivity index (χ1v) is 5.62. The average molecular weight is 227 g/mol. The predicted molar refractivity (Wildman–Crippen MR) is 61.7 cm³/mol. The van der Waals surface area contributed by atoms with E-state index in [0.717, 1.165) is 6.42 Å². The van der Waals surface area contributed by atoms with Crippen LogP contribution in [0.4, 0.5) is 0 Å². The lowest BCUT2D eigenvalue weighted by Crippen LogP contribution is -2.53. The molecule has 5 nitrogen and oxygen atoms in total. The molecule has 0 aromatic rings. The molecule has 0 aliphatic carbocycles. The topological polar surface area (TPSA) is 66.6 Å². The van der Waals surface area contributed by atoms with Gasteiger partial charge in [-0.05, 0) is 18.4 Å². The van der Waals surface area contributed by atoms with E-state index < -0.39 is 5.91 Å². The van der Waals surface area contributed by atoms with Gasteiger partial charge in [0, 0.05) is 26.7 Å². The fraction of sp³-hybridized carbons (Fsp3) is 0.818. The van der Waals surface area contributed by atoms with Gasteiger partial charge in [0.2, 0.25) is 0 Å². The van der Waals surface area contributed by atoms with E-state index in [1.807, 2.05) is 0 Å². The summed E-state index contributed by atoms with van der Waals surface area (Å²) in [6.07, 6.45) is 0.826. The molecular weight excluding hydrogens is 206 g/mol. The van der Waals surface area contributed by atoms with Crippen LogP contribution in [0.1, 0.15) is 20.3 Å². The van der Waals surface area contributed by atoms with E-state index in [9.17, 15) is 9.59 Å². The maximum absolute atomic E-state index is 11.6. The quantitative estimate of drug-likeness (QED) is 0.668. The lowest BCUT2D eigenvalue weighted by Gasteiger charge is -2.33. The molecule has 92 valence electrons. The van der Waals surface area contributed by atoms with Gasteiger partial charge in [-0.3, -0.25) is 9.59 Å². The van der Waals surface area contributed by atoms with Gasteiger partial charge in [-0.1, -0.05) is 13.8 Å². The fourth-order valence-corrected chi connectivity index (χ4v) is 1.53. The number of nitrogens with two attached hydrogens (primary N) is 1. The van der Waals surface area contributed by atoms with E-state index in [4.69, 9.17) is 5.73 Å². The molecule has 1 rings (SSSR count). The molecule has 1 aliphatic heterocycles. The molecule has 0 unspecified atom stereocenters. The van der Waals surface area contributed by atoms with Gasteiger partial charge in [0.1, 0.15) is 0 Å². The normalized spacial score (nSPS) is 18.2. The highest BCUT2D eigenvalue weighted by Crippen LogP contribution is 2.19. The van der Waals surface area contributed by atoms with Gasteiger partial charge in [0.15, 0.2) is 0 Å². The molecule has 0 aromatic carbocycles. The Hall–Kier alpha value is -1.10. The third-order valence-corrected chi connectivity index (χ3v) is 3.13. The van der Waals surface area contributed by atoms with Crippen molar-refractivity contribution in [1.29, 1.82) is 0 Å². The number of amides is 2. The van der Waals surface area contributed by atoms with Crippen LogP contribution in [0, 0.1) is 5.41 Å². The van der Waals surface area contributed by atoms with Crippen molar-refractivity contribution in [2.24, 2.45) is 11.1 Å². The molecule has 0 saturated carbocycles. The number of carbonyl (C=O) groups excluding carboxylic acids is 2. The van der Waals surface area contributed by atoms with Crippen LogP contribution < -0.4 is 5.73 Å². The predicted octanol–water partition coefficient (Wildman–Crippen LogP) is -0.338. The Bertz CT molecular complexity index is 289. The summed E-state index contributed by atoms with van der Waals surface area (Å²) in [4.78, 5) is 26.2. The van der Waals surface area contributed by atoms with Crippen LogP contribution in [0.3, 0.4) is 0 Å². The summed E-state index contributed by atoms with van der Waals surface area (Å²) in [5.74, 6) is -0.793. The first-order chi connectivity index (χ1) is 7.37. The summed E-state index contributed by atoms with van der Waals surface area (Å²) in [6.45, 7) is 6.57. The van der Waals surface area contributed by atoms with Crippen molar-refractivity contribution < 1.29 is 9.59 Å². The van der Waals surface area contributed by atoms with E-state index in [0.29, 0.717) is 26.2 Å². The third kappa shape index (κ3) is 2.95. The van der Waals surface area contributed by atoms with Crippen molar-refractivity contribution in [2.45, 2.75) is 20.3 Å². The number of carbonyl (C=O) groups is 2. The number of likely N-dealkylation sites (N-methyl/N-ethyl adjacent to an activating group) is 1. The standard InChI is InChI=1S/C11H21N3O2/c1-11(2,8-12)4-5-14-7-6-13(3)9(15)10(14)16/h4-8,12H2,1-3H3. The van der Waals surface area contributed by atoms with Crippen LogP contribution in [0.5, 0.6) is 0 Å². The number of hydrogen-bond donors (Lipinski definition) is 1. The van der Waals surface area contributed by atoms with Crippen LogP contribution in [0.15, 0.2) is 0 Å². The van der Waals surface area contributed by atoms with Gasteiger partial charge >= 0.3 is 11.8 Å². The molecule has 1 saturated heterocycles. The second kappa shape index (κ2) is 4.82. The molecule has 0 atom stereocenters. The molecule has 1 aliphatic rings. The average Bonchev–Trinajstić information content (AvgIpc) is 2.25. The summed E-state index contributed by atoms with van der Waals surface area (Å²) in [5, 5.41) is 0. The largest absolute Gasteiger partial charge is 0.336 e. The van der Waals surface area contributed by atoms with E-state index in [-0.39, 0.29) is 11.3 Å². The zero-order valence-electron chi connectivity index (χ0n) is 10.3. The molecular formula is C11H21N3O2. The lowest BCUT2D eigenvalue weighted by atomic mass is 9.89. The molecule has 1 heterocycles. The number of hydrogen-bond acceptors (Lipinski definition) is 3. The number of rotatable bonds is 4. The van der Waals surface area contributed by atoms with Gasteiger partial charge in [-0.15, -0.1) is 0 Å². The van der Waals surface area contributed by atoms with Crippen molar-refractivity contribution in [2.75, 3.05) is 33.2 Å². The summed E-state index contributed by atoms with van der Waals surface area (Å²) in [5.41, 5.74) is 5.65. The highest BCUT2D eigenvalue weighted by molar-refractivity contribution is 6.35. The second-order valence-corrected chi connectivity index (χ2v) is 5.14. The van der Waals surface area contributed by atoms with Crippen molar-refractivity contribution in [3.05, 3.63) is 0 Å². The lowest BCUT2D eigenvalue weighted by molar-refractivity contribution is -0.155. The minimum Gasteiger partial charge on any atom is -0.336 e. The summed E-state index contributed by atoms with van der Waals surface area (Å²) < 4.78 is 0. The summed E-state index contributed by atoms with van der Waals surface area (Å²) in [7, 11) is 1.65. The fourth-order valence-electron chi connectivity index (χ4n) is 1.53. The molecule has 0 aromatic heterocycles. The van der Waals surface area contributed by atoms with Crippen molar-refractivity contribution in [1.82, 2.24) is 9.80 Å². The molecule has 0 bridgehead atoms. The number of nitrogens with zero attached hydrogens (tertiary/aromatic N) is 2. The van der Waals surface area contributed by atoms with Crippen LogP contribution in [0.25, 0.3) is 0 Å². The van der Waals surface area contributed by atoms with Gasteiger partial charge in [-0.25, -0.2) is 0 Å². The summed E-state index contributed by atoms with van der Waals surface area (Å²) in [6, 6.07) is 0. The molecule has 2 N–H and O–H groups in total. The van der Waals surface area contributed by atoms with Gasteiger partial charge in [-0.2, -0.15) is 0 Å². The molecule has 1 fully saturated rings. The molecule has 16 heavy (non-hydrogen) atoms. The Balaban J connectivity index is 2.50. The molecule has 0 spiro atoms. The van der Waals surface area contributed by atoms with E-state index in [1.165, 1.54) is 4.90 Å². The Morgan fingerprint density at radius 1 is 1.25 bits per heavy atom. The third-order valence-electron chi connectivity index (χ3n) is 3.13. The highest BCUT2D eigenvalue weighted by atomic mass is 16.2. The molecule has 0 radical (unpaired) electrons. The first kappa shape index (κ1) is 13.0. The van der Waals surface area contributed by atoms with Crippen LogP contribution in [0.2, 0.25) is 0 Å². The van der Waals surface area contributed by atoms with E-state index in [1.54, 1.807) is 11.9 Å². The SMILES string of the molecule is CN1CCN(CCC(C)(C)CN)C(=O)C1=O. The van der Waals surface area contributed by atoms with Gasteiger partial charge in [0.05, 0.1) is 0 Å². The minimum atomic E-state index is -0.406. The van der Waals surface area contributed by atoms with Crippen molar-refractivity contribution >= 4 is 11.8 Å². The van der Waals surface area contributed by atoms with Crippen molar-refractivity contribution in [3.63, 3.8) is 0 Å². The second-order valence-electron chi connectivity index (χ2n) is 5.14. The van der Waals surface area contributed by atoms with Gasteiger partial charge in [0.25, 0.3) is 0 Å². The van der Waals surface area contributed by atoms with E-state index >= 15 is 0 Å². The zero-order chi connectivity index (χ0) is 12.3. The Morgan fingerprint density at radius 2 is 1.88 bits per heavy atom.